The van der Waals surface area contributed by atoms with Crippen LogP contribution in [-0.2, 0) is 5.60 Å². The number of hydrogen-bond acceptors (Lipinski definition) is 4. The molecule has 0 fully saturated rings. The second kappa shape index (κ2) is 14.3. The Labute approximate surface area is 330 Å². The summed E-state index contributed by atoms with van der Waals surface area (Å²) >= 11 is 0. The summed E-state index contributed by atoms with van der Waals surface area (Å²) in [5, 5.41) is 0. The summed E-state index contributed by atoms with van der Waals surface area (Å²) in [5.41, 5.74) is 10.1. The molecule has 1 aromatic heterocycles. The van der Waals surface area contributed by atoms with Crippen LogP contribution in [0.25, 0.3) is 67.5 Å². The second-order valence-electron chi connectivity index (χ2n) is 14.1. The van der Waals surface area contributed by atoms with E-state index in [9.17, 15) is 0 Å². The summed E-state index contributed by atoms with van der Waals surface area (Å²) in [6, 6.07) is 68.3. The average Bonchev–Trinajstić information content (AvgIpc) is 3.29. The van der Waals surface area contributed by atoms with Gasteiger partial charge in [-0.05, 0) is 58.1 Å². The van der Waals surface area contributed by atoms with E-state index in [0.29, 0.717) is 34.3 Å². The fourth-order valence-electron chi connectivity index (χ4n) is 7.90. The van der Waals surface area contributed by atoms with Gasteiger partial charge in [-0.3, -0.25) is 0 Å². The van der Waals surface area contributed by atoms with Gasteiger partial charge in [0.15, 0.2) is 23.1 Å². The van der Waals surface area contributed by atoms with Crippen molar-refractivity contribution in [2.45, 2.75) is 5.60 Å². The Kier molecular flexibility index (Phi) is 8.53. The molecule has 1 aliphatic heterocycles. The Morgan fingerprint density at radius 1 is 0.351 bits per heavy atom. The number of halogens is 1. The Morgan fingerprint density at radius 3 is 1.53 bits per heavy atom. The Hall–Kier alpha value is -7.50. The molecule has 0 saturated carbocycles. The number of rotatable bonds is 7. The van der Waals surface area contributed by atoms with E-state index in [1.807, 2.05) is 115 Å². The van der Waals surface area contributed by atoms with Gasteiger partial charge in [0.1, 0.15) is 11.6 Å². The predicted octanol–water partition coefficient (Wildman–Crippen LogP) is 12.7. The number of ether oxygens (including phenoxy) is 1. The predicted molar refractivity (Wildman–Crippen MR) is 226 cm³/mol. The third-order valence-electron chi connectivity index (χ3n) is 10.6. The van der Waals surface area contributed by atoms with Gasteiger partial charge in [0.2, 0.25) is 0 Å². The third kappa shape index (κ3) is 6.25. The SMILES string of the molecule is Fc1cc(-c2ccc3c(c2)OC(c2ccccc2)(c2ccccc2)c2ccccc2-3)cc(-c2nc(-c3ccccc3)nc(-c3cccc(-c4ccccc4)c3)n2)c1. The summed E-state index contributed by atoms with van der Waals surface area (Å²) < 4.78 is 23.2. The molecule has 0 saturated heterocycles. The van der Waals surface area contributed by atoms with Gasteiger partial charge >= 0.3 is 0 Å². The summed E-state index contributed by atoms with van der Waals surface area (Å²) in [7, 11) is 0. The molecule has 0 spiro atoms. The van der Waals surface area contributed by atoms with Gasteiger partial charge in [-0.15, -0.1) is 0 Å². The molecule has 8 aromatic carbocycles. The van der Waals surface area contributed by atoms with E-state index in [1.54, 1.807) is 6.07 Å². The topological polar surface area (TPSA) is 47.9 Å². The van der Waals surface area contributed by atoms with Crippen LogP contribution in [0.2, 0.25) is 0 Å². The minimum absolute atomic E-state index is 0.375. The molecule has 0 bridgehead atoms. The van der Waals surface area contributed by atoms with Crippen molar-refractivity contribution in [2.24, 2.45) is 0 Å². The molecule has 0 aliphatic carbocycles. The van der Waals surface area contributed by atoms with Crippen molar-refractivity contribution in [1.29, 1.82) is 0 Å². The number of hydrogen-bond donors (Lipinski definition) is 0. The maximum absolute atomic E-state index is 15.9. The standard InChI is InChI=1S/C52H34FN3O/c53-44-32-40(38-28-29-46-45-26-13-14-27-47(45)52(57-48(46)34-38,42-22-9-3-10-23-42)43-24-11-4-12-25-43)31-41(33-44)51-55-49(36-18-7-2-8-19-36)54-50(56-51)39-21-15-20-37(30-39)35-16-5-1-6-17-35/h1-34H. The van der Waals surface area contributed by atoms with E-state index < -0.39 is 11.4 Å². The normalized spacial score (nSPS) is 12.6. The summed E-state index contributed by atoms with van der Waals surface area (Å²) in [4.78, 5) is 14.8. The maximum Gasteiger partial charge on any atom is 0.185 e. The highest BCUT2D eigenvalue weighted by molar-refractivity contribution is 5.83. The van der Waals surface area contributed by atoms with Gasteiger partial charge in [0.25, 0.3) is 0 Å². The van der Waals surface area contributed by atoms with Crippen LogP contribution in [0.15, 0.2) is 206 Å². The van der Waals surface area contributed by atoms with E-state index >= 15 is 4.39 Å². The first-order valence-electron chi connectivity index (χ1n) is 19.0. The fraction of sp³-hybridized carbons (Fsp3) is 0.0192. The van der Waals surface area contributed by atoms with Crippen molar-refractivity contribution in [3.05, 3.63) is 229 Å². The summed E-state index contributed by atoms with van der Waals surface area (Å²) in [6.07, 6.45) is 0. The van der Waals surface area contributed by atoms with Gasteiger partial charge in [-0.2, -0.15) is 0 Å². The maximum atomic E-state index is 15.9. The molecular weight excluding hydrogens is 702 g/mol. The molecule has 9 aromatic rings. The first-order chi connectivity index (χ1) is 28.1. The minimum atomic E-state index is -0.912. The van der Waals surface area contributed by atoms with Crippen LogP contribution in [0.1, 0.15) is 16.7 Å². The lowest BCUT2D eigenvalue weighted by Crippen LogP contribution is -2.38. The number of nitrogens with zero attached hydrogens (tertiary/aromatic N) is 3. The van der Waals surface area contributed by atoms with Gasteiger partial charge < -0.3 is 4.74 Å². The molecule has 57 heavy (non-hydrogen) atoms. The Bertz CT molecular complexity index is 2840. The van der Waals surface area contributed by atoms with Crippen molar-refractivity contribution >= 4 is 0 Å². The number of benzene rings is 8. The van der Waals surface area contributed by atoms with E-state index in [4.69, 9.17) is 19.7 Å². The molecule has 0 N–H and O–H groups in total. The largest absolute Gasteiger partial charge is 0.472 e. The van der Waals surface area contributed by atoms with E-state index in [2.05, 4.69) is 78.9 Å². The van der Waals surface area contributed by atoms with Crippen LogP contribution in [-0.4, -0.2) is 15.0 Å². The van der Waals surface area contributed by atoms with Crippen LogP contribution < -0.4 is 4.74 Å². The van der Waals surface area contributed by atoms with Crippen molar-refractivity contribution < 1.29 is 9.13 Å². The van der Waals surface area contributed by atoms with Crippen molar-refractivity contribution in [3.63, 3.8) is 0 Å². The highest BCUT2D eigenvalue weighted by atomic mass is 19.1. The zero-order valence-electron chi connectivity index (χ0n) is 30.8. The van der Waals surface area contributed by atoms with E-state index in [-0.39, 0.29) is 0 Å². The van der Waals surface area contributed by atoms with Crippen LogP contribution in [0.4, 0.5) is 4.39 Å². The van der Waals surface area contributed by atoms with E-state index in [1.165, 1.54) is 6.07 Å². The van der Waals surface area contributed by atoms with Crippen LogP contribution in [0.3, 0.4) is 0 Å². The number of aromatic nitrogens is 3. The van der Waals surface area contributed by atoms with Crippen LogP contribution in [0.5, 0.6) is 5.75 Å². The zero-order valence-corrected chi connectivity index (χ0v) is 30.8. The lowest BCUT2D eigenvalue weighted by Gasteiger charge is -2.41. The molecule has 0 radical (unpaired) electrons. The quantitative estimate of drug-likeness (QED) is 0.164. The summed E-state index contributed by atoms with van der Waals surface area (Å²) in [6.45, 7) is 0. The van der Waals surface area contributed by atoms with Gasteiger partial charge in [0, 0.05) is 38.9 Å². The first-order valence-corrected chi connectivity index (χ1v) is 19.0. The molecule has 0 atom stereocenters. The first kappa shape index (κ1) is 34.0. The zero-order chi connectivity index (χ0) is 38.2. The lowest BCUT2D eigenvalue weighted by atomic mass is 9.75. The Balaban J connectivity index is 1.10. The second-order valence-corrected chi connectivity index (χ2v) is 14.1. The van der Waals surface area contributed by atoms with Crippen LogP contribution in [0, 0.1) is 5.82 Å². The van der Waals surface area contributed by atoms with Crippen LogP contribution >= 0.6 is 0 Å². The van der Waals surface area contributed by atoms with Crippen molar-refractivity contribution in [2.75, 3.05) is 0 Å². The molecular formula is C52H34FN3O. The lowest BCUT2D eigenvalue weighted by molar-refractivity contribution is 0.152. The van der Waals surface area contributed by atoms with Gasteiger partial charge in [-0.25, -0.2) is 19.3 Å². The van der Waals surface area contributed by atoms with Crippen molar-refractivity contribution in [1.82, 2.24) is 15.0 Å². The monoisotopic (exact) mass is 735 g/mol. The minimum Gasteiger partial charge on any atom is -0.472 e. The Morgan fingerprint density at radius 2 is 0.842 bits per heavy atom. The molecule has 0 unspecified atom stereocenters. The average molecular weight is 736 g/mol. The van der Waals surface area contributed by atoms with Crippen molar-refractivity contribution in [3.8, 4) is 73.3 Å². The molecule has 4 nitrogen and oxygen atoms in total. The fourth-order valence-corrected chi connectivity index (χ4v) is 7.90. The molecule has 0 amide bonds. The highest BCUT2D eigenvalue weighted by Gasteiger charge is 2.44. The molecule has 1 aliphatic rings. The van der Waals surface area contributed by atoms with E-state index in [0.717, 1.165) is 55.6 Å². The molecule has 2 heterocycles. The van der Waals surface area contributed by atoms with Gasteiger partial charge in [-0.1, -0.05) is 176 Å². The van der Waals surface area contributed by atoms with Gasteiger partial charge in [0.05, 0.1) is 0 Å². The smallest absolute Gasteiger partial charge is 0.185 e. The molecule has 270 valence electrons. The highest BCUT2D eigenvalue weighted by Crippen LogP contribution is 2.52. The third-order valence-corrected chi connectivity index (χ3v) is 10.6. The molecule has 10 rings (SSSR count). The summed E-state index contributed by atoms with van der Waals surface area (Å²) in [5.74, 6) is 1.69. The number of fused-ring (bicyclic) bond motifs is 3. The molecule has 5 heteroatoms.